The molecule has 1 saturated heterocycles. The molecule has 4 rings (SSSR count). The summed E-state index contributed by atoms with van der Waals surface area (Å²) in [6.07, 6.45) is 0.918. The van der Waals surface area contributed by atoms with Crippen molar-refractivity contribution in [3.05, 3.63) is 70.7 Å². The SMILES string of the molecule is Cl.N[C@@H]1CN(C(=O)C2CC2c2cccc(Cl)c2)C[C@H]1c1ccccc1. The smallest absolute Gasteiger partial charge is 0.226 e. The molecule has 2 aromatic rings. The summed E-state index contributed by atoms with van der Waals surface area (Å²) >= 11 is 6.07. The van der Waals surface area contributed by atoms with E-state index in [0.29, 0.717) is 12.5 Å². The number of carbonyl (C=O) groups is 1. The van der Waals surface area contributed by atoms with Gasteiger partial charge in [0, 0.05) is 36.0 Å². The fourth-order valence-corrected chi connectivity index (χ4v) is 4.07. The van der Waals surface area contributed by atoms with E-state index >= 15 is 0 Å². The van der Waals surface area contributed by atoms with Crippen molar-refractivity contribution in [2.24, 2.45) is 11.7 Å². The lowest BCUT2D eigenvalue weighted by atomic mass is 9.95. The summed E-state index contributed by atoms with van der Waals surface area (Å²) in [5, 5.41) is 0.734. The van der Waals surface area contributed by atoms with Gasteiger partial charge in [-0.2, -0.15) is 0 Å². The maximum Gasteiger partial charge on any atom is 0.226 e. The van der Waals surface area contributed by atoms with E-state index in [4.69, 9.17) is 17.3 Å². The second-order valence-corrected chi connectivity index (χ2v) is 7.36. The summed E-state index contributed by atoms with van der Waals surface area (Å²) in [4.78, 5) is 14.8. The third-order valence-corrected chi connectivity index (χ3v) is 5.52. The molecular weight excluding hydrogens is 355 g/mol. The molecule has 1 heterocycles. The Hall–Kier alpha value is -1.55. The lowest BCUT2D eigenvalue weighted by Gasteiger charge is -2.16. The van der Waals surface area contributed by atoms with Crippen LogP contribution < -0.4 is 5.73 Å². The van der Waals surface area contributed by atoms with Crippen LogP contribution >= 0.6 is 24.0 Å². The lowest BCUT2D eigenvalue weighted by molar-refractivity contribution is -0.131. The minimum Gasteiger partial charge on any atom is -0.340 e. The van der Waals surface area contributed by atoms with Crippen LogP contribution in [0, 0.1) is 5.92 Å². The summed E-state index contributed by atoms with van der Waals surface area (Å²) < 4.78 is 0. The molecule has 2 fully saturated rings. The van der Waals surface area contributed by atoms with Gasteiger partial charge < -0.3 is 10.6 Å². The van der Waals surface area contributed by atoms with Crippen molar-refractivity contribution in [2.75, 3.05) is 13.1 Å². The Balaban J connectivity index is 0.00000182. The lowest BCUT2D eigenvalue weighted by Crippen LogP contribution is -2.33. The first-order valence-corrected chi connectivity index (χ1v) is 8.86. The largest absolute Gasteiger partial charge is 0.340 e. The normalized spacial score (nSPS) is 27.7. The molecule has 1 aliphatic carbocycles. The zero-order valence-electron chi connectivity index (χ0n) is 13.8. The molecule has 25 heavy (non-hydrogen) atoms. The van der Waals surface area contributed by atoms with Crippen LogP contribution in [0.1, 0.15) is 29.4 Å². The van der Waals surface area contributed by atoms with Crippen LogP contribution in [0.5, 0.6) is 0 Å². The van der Waals surface area contributed by atoms with E-state index in [0.717, 1.165) is 18.0 Å². The Morgan fingerprint density at radius 3 is 2.44 bits per heavy atom. The van der Waals surface area contributed by atoms with Gasteiger partial charge in [-0.25, -0.2) is 0 Å². The number of benzene rings is 2. The van der Waals surface area contributed by atoms with Gasteiger partial charge in [0.15, 0.2) is 0 Å². The molecule has 2 aromatic carbocycles. The predicted molar refractivity (Wildman–Crippen MR) is 103 cm³/mol. The molecule has 1 amide bonds. The second kappa shape index (κ2) is 7.36. The van der Waals surface area contributed by atoms with Crippen LogP contribution in [-0.2, 0) is 4.79 Å². The highest BCUT2D eigenvalue weighted by atomic mass is 35.5. The van der Waals surface area contributed by atoms with E-state index < -0.39 is 0 Å². The number of amides is 1. The first-order chi connectivity index (χ1) is 11.6. The molecule has 2 unspecified atom stereocenters. The third-order valence-electron chi connectivity index (χ3n) is 5.29. The molecule has 5 heteroatoms. The van der Waals surface area contributed by atoms with Gasteiger partial charge in [-0.3, -0.25) is 4.79 Å². The molecule has 2 N–H and O–H groups in total. The van der Waals surface area contributed by atoms with Gasteiger partial charge >= 0.3 is 0 Å². The second-order valence-electron chi connectivity index (χ2n) is 6.93. The number of carbonyl (C=O) groups excluding carboxylic acids is 1. The number of hydrogen-bond acceptors (Lipinski definition) is 2. The van der Waals surface area contributed by atoms with Crippen LogP contribution in [-0.4, -0.2) is 29.9 Å². The van der Waals surface area contributed by atoms with E-state index in [1.165, 1.54) is 11.1 Å². The molecule has 3 nitrogen and oxygen atoms in total. The highest BCUT2D eigenvalue weighted by molar-refractivity contribution is 6.30. The molecule has 0 radical (unpaired) electrons. The van der Waals surface area contributed by atoms with Crippen molar-refractivity contribution in [3.63, 3.8) is 0 Å². The van der Waals surface area contributed by atoms with Crippen LogP contribution in [0.4, 0.5) is 0 Å². The summed E-state index contributed by atoms with van der Waals surface area (Å²) in [6, 6.07) is 18.1. The van der Waals surface area contributed by atoms with Crippen molar-refractivity contribution in [3.8, 4) is 0 Å². The monoisotopic (exact) mass is 376 g/mol. The summed E-state index contributed by atoms with van der Waals surface area (Å²) in [6.45, 7) is 1.37. The Kier molecular flexibility index (Phi) is 5.38. The topological polar surface area (TPSA) is 46.3 Å². The molecule has 2 aliphatic rings. The minimum atomic E-state index is 0. The van der Waals surface area contributed by atoms with Crippen LogP contribution in [0.25, 0.3) is 0 Å². The molecule has 0 bridgehead atoms. The molecular formula is C20H22Cl2N2O. The van der Waals surface area contributed by atoms with Crippen molar-refractivity contribution in [1.29, 1.82) is 0 Å². The number of halogens is 2. The Morgan fingerprint density at radius 2 is 1.72 bits per heavy atom. The fourth-order valence-electron chi connectivity index (χ4n) is 3.87. The van der Waals surface area contributed by atoms with E-state index in [2.05, 4.69) is 18.2 Å². The summed E-state index contributed by atoms with van der Waals surface area (Å²) in [5.41, 5.74) is 8.71. The molecule has 4 atom stereocenters. The molecule has 1 saturated carbocycles. The highest BCUT2D eigenvalue weighted by Crippen LogP contribution is 2.49. The van der Waals surface area contributed by atoms with E-state index in [1.807, 2.05) is 41.3 Å². The third kappa shape index (κ3) is 3.69. The number of rotatable bonds is 3. The Bertz CT molecular complexity index is 752. The average molecular weight is 377 g/mol. The van der Waals surface area contributed by atoms with E-state index in [9.17, 15) is 4.79 Å². The van der Waals surface area contributed by atoms with Gasteiger partial charge in [0.2, 0.25) is 5.91 Å². The van der Waals surface area contributed by atoms with Gasteiger partial charge in [-0.1, -0.05) is 54.1 Å². The van der Waals surface area contributed by atoms with Gasteiger partial charge in [-0.05, 0) is 35.6 Å². The number of likely N-dealkylation sites (tertiary alicyclic amines) is 1. The van der Waals surface area contributed by atoms with Crippen LogP contribution in [0.2, 0.25) is 5.02 Å². The molecule has 1 aliphatic heterocycles. The first kappa shape index (κ1) is 18.2. The minimum absolute atomic E-state index is 0. The Labute approximate surface area is 159 Å². The van der Waals surface area contributed by atoms with Gasteiger partial charge in [-0.15, -0.1) is 12.4 Å². The first-order valence-electron chi connectivity index (χ1n) is 8.48. The highest BCUT2D eigenvalue weighted by Gasteiger charge is 2.47. The summed E-state index contributed by atoms with van der Waals surface area (Å²) in [7, 11) is 0. The van der Waals surface area contributed by atoms with Crippen molar-refractivity contribution < 1.29 is 4.79 Å². The molecule has 132 valence electrons. The van der Waals surface area contributed by atoms with E-state index in [1.54, 1.807) is 0 Å². The maximum atomic E-state index is 12.8. The fraction of sp³-hybridized carbons (Fsp3) is 0.350. The molecule has 0 spiro atoms. The number of hydrogen-bond donors (Lipinski definition) is 1. The Morgan fingerprint density at radius 1 is 1.00 bits per heavy atom. The van der Waals surface area contributed by atoms with Crippen LogP contribution in [0.15, 0.2) is 54.6 Å². The zero-order valence-corrected chi connectivity index (χ0v) is 15.4. The van der Waals surface area contributed by atoms with Gasteiger partial charge in [0.1, 0.15) is 0 Å². The van der Waals surface area contributed by atoms with Crippen LogP contribution in [0.3, 0.4) is 0 Å². The van der Waals surface area contributed by atoms with Gasteiger partial charge in [0.05, 0.1) is 0 Å². The number of nitrogens with two attached hydrogens (primary N) is 1. The zero-order chi connectivity index (χ0) is 16.7. The van der Waals surface area contributed by atoms with Gasteiger partial charge in [0.25, 0.3) is 0 Å². The van der Waals surface area contributed by atoms with Crippen molar-refractivity contribution >= 4 is 29.9 Å². The van der Waals surface area contributed by atoms with E-state index in [-0.39, 0.29) is 36.2 Å². The standard InChI is InChI=1S/C20H21ClN2O.ClH/c21-15-8-4-7-14(9-15)16-10-17(16)20(24)23-11-18(19(22)12-23)13-5-2-1-3-6-13;/h1-9,16-19H,10-12,22H2;1H/t16?,17?,18-,19+;/m0./s1. The number of nitrogens with zero attached hydrogens (tertiary/aromatic N) is 1. The quantitative estimate of drug-likeness (QED) is 0.884. The van der Waals surface area contributed by atoms with Crippen molar-refractivity contribution in [2.45, 2.75) is 24.3 Å². The summed E-state index contributed by atoms with van der Waals surface area (Å²) in [5.74, 6) is 0.876. The average Bonchev–Trinajstić information content (AvgIpc) is 3.30. The maximum absolute atomic E-state index is 12.8. The molecule has 0 aromatic heterocycles. The van der Waals surface area contributed by atoms with Crippen molar-refractivity contribution in [1.82, 2.24) is 4.90 Å². The predicted octanol–water partition coefficient (Wildman–Crippen LogP) is 3.82.